The minimum absolute atomic E-state index is 0.121. The van der Waals surface area contributed by atoms with E-state index in [4.69, 9.17) is 5.84 Å². The molecule has 0 saturated heterocycles. The number of hydrogen-bond donors (Lipinski definition) is 2. The normalized spacial score (nSPS) is 12.9. The van der Waals surface area contributed by atoms with Crippen molar-refractivity contribution < 1.29 is 0 Å². The molecule has 1 unspecified atom stereocenters. The van der Waals surface area contributed by atoms with Crippen LogP contribution in [0.4, 0.5) is 0 Å². The van der Waals surface area contributed by atoms with Crippen LogP contribution in [0, 0.1) is 0 Å². The van der Waals surface area contributed by atoms with E-state index in [0.29, 0.717) is 0 Å². The minimum atomic E-state index is 0.121. The number of nitrogens with one attached hydrogen (secondary N) is 1. The van der Waals surface area contributed by atoms with Crippen molar-refractivity contribution in [2.75, 3.05) is 0 Å². The van der Waals surface area contributed by atoms with Gasteiger partial charge in [-0.15, -0.1) is 0 Å². The Labute approximate surface area is 89.3 Å². The molecule has 3 heteroatoms. The molecule has 0 aliphatic rings. The predicted octanol–water partition coefficient (Wildman–Crippen LogP) is 2.15. The number of rotatable bonds is 3. The summed E-state index contributed by atoms with van der Waals surface area (Å²) in [6.45, 7) is 2.09. The summed E-state index contributed by atoms with van der Waals surface area (Å²) >= 11 is 0. The van der Waals surface area contributed by atoms with Gasteiger partial charge in [0.05, 0.1) is 11.7 Å². The van der Waals surface area contributed by atoms with Gasteiger partial charge in [0.25, 0.3) is 0 Å². The van der Waals surface area contributed by atoms with Gasteiger partial charge >= 0.3 is 0 Å². The first-order chi connectivity index (χ1) is 7.36. The number of nitrogens with zero attached hydrogens (tertiary/aromatic N) is 1. The molecule has 0 fully saturated rings. The first-order valence-electron chi connectivity index (χ1n) is 5.16. The molecule has 1 aromatic carbocycles. The molecule has 0 spiro atoms. The fourth-order valence-electron chi connectivity index (χ4n) is 1.81. The van der Waals surface area contributed by atoms with E-state index in [1.165, 1.54) is 10.8 Å². The Balaban J connectivity index is 2.59. The number of hydrazine groups is 1. The lowest BCUT2D eigenvalue weighted by Gasteiger charge is -2.14. The summed E-state index contributed by atoms with van der Waals surface area (Å²) in [6.07, 6.45) is 2.76. The highest BCUT2D eigenvalue weighted by atomic mass is 15.2. The molecule has 2 aromatic rings. The fraction of sp³-hybridized carbons (Fsp3) is 0.250. The monoisotopic (exact) mass is 201 g/mol. The molecule has 0 aliphatic carbocycles. The SMILES string of the molecule is CCC(NN)c1nccc2ccccc12. The molecule has 2 rings (SSSR count). The highest BCUT2D eigenvalue weighted by Crippen LogP contribution is 2.23. The van der Waals surface area contributed by atoms with E-state index in [0.717, 1.165) is 12.1 Å². The summed E-state index contributed by atoms with van der Waals surface area (Å²) in [6, 6.07) is 10.4. The molecular formula is C12H15N3. The van der Waals surface area contributed by atoms with Gasteiger partial charge in [0, 0.05) is 11.6 Å². The smallest absolute Gasteiger partial charge is 0.0664 e. The van der Waals surface area contributed by atoms with E-state index >= 15 is 0 Å². The topological polar surface area (TPSA) is 50.9 Å². The van der Waals surface area contributed by atoms with E-state index in [9.17, 15) is 0 Å². The van der Waals surface area contributed by atoms with Crippen molar-refractivity contribution in [2.24, 2.45) is 5.84 Å². The van der Waals surface area contributed by atoms with Crippen molar-refractivity contribution >= 4 is 10.8 Å². The molecule has 15 heavy (non-hydrogen) atoms. The van der Waals surface area contributed by atoms with Crippen LogP contribution in [0.3, 0.4) is 0 Å². The Morgan fingerprint density at radius 2 is 2.13 bits per heavy atom. The van der Waals surface area contributed by atoms with Crippen LogP contribution in [0.25, 0.3) is 10.8 Å². The number of pyridine rings is 1. The molecule has 0 bridgehead atoms. The van der Waals surface area contributed by atoms with Crippen LogP contribution in [0.15, 0.2) is 36.5 Å². The number of aromatic nitrogens is 1. The Kier molecular flexibility index (Phi) is 2.94. The maximum absolute atomic E-state index is 5.52. The number of fused-ring (bicyclic) bond motifs is 1. The summed E-state index contributed by atoms with van der Waals surface area (Å²) in [4.78, 5) is 4.41. The van der Waals surface area contributed by atoms with Crippen molar-refractivity contribution in [3.8, 4) is 0 Å². The Morgan fingerprint density at radius 1 is 1.33 bits per heavy atom. The minimum Gasteiger partial charge on any atom is -0.271 e. The van der Waals surface area contributed by atoms with Gasteiger partial charge < -0.3 is 0 Å². The average molecular weight is 201 g/mol. The summed E-state index contributed by atoms with van der Waals surface area (Å²) in [5.41, 5.74) is 3.82. The van der Waals surface area contributed by atoms with E-state index in [2.05, 4.69) is 29.5 Å². The third kappa shape index (κ3) is 1.84. The number of hydrogen-bond acceptors (Lipinski definition) is 3. The zero-order valence-electron chi connectivity index (χ0n) is 8.77. The van der Waals surface area contributed by atoms with Crippen LogP contribution < -0.4 is 11.3 Å². The van der Waals surface area contributed by atoms with Gasteiger partial charge in [-0.2, -0.15) is 0 Å². The molecule has 3 N–H and O–H groups in total. The van der Waals surface area contributed by atoms with Gasteiger partial charge in [-0.1, -0.05) is 31.2 Å². The molecule has 0 radical (unpaired) electrons. The van der Waals surface area contributed by atoms with Crippen LogP contribution >= 0.6 is 0 Å². The molecular weight excluding hydrogens is 186 g/mol. The van der Waals surface area contributed by atoms with Crippen molar-refractivity contribution in [1.82, 2.24) is 10.4 Å². The third-order valence-corrected chi connectivity index (χ3v) is 2.64. The van der Waals surface area contributed by atoms with Gasteiger partial charge in [0.15, 0.2) is 0 Å². The van der Waals surface area contributed by atoms with Crippen LogP contribution in [-0.2, 0) is 0 Å². The Hall–Kier alpha value is -1.45. The fourth-order valence-corrected chi connectivity index (χ4v) is 1.81. The molecule has 0 aliphatic heterocycles. The molecule has 1 heterocycles. The van der Waals surface area contributed by atoms with Gasteiger partial charge in [-0.3, -0.25) is 16.3 Å². The van der Waals surface area contributed by atoms with Gasteiger partial charge in [-0.05, 0) is 17.9 Å². The largest absolute Gasteiger partial charge is 0.271 e. The highest BCUT2D eigenvalue weighted by Gasteiger charge is 2.11. The third-order valence-electron chi connectivity index (χ3n) is 2.64. The standard InChI is InChI=1S/C12H15N3/c1-2-11(15-13)12-10-6-4-3-5-9(10)7-8-14-12/h3-8,11,15H,2,13H2,1H3. The first-order valence-corrected chi connectivity index (χ1v) is 5.16. The molecule has 1 atom stereocenters. The molecule has 78 valence electrons. The zero-order valence-corrected chi connectivity index (χ0v) is 8.77. The summed E-state index contributed by atoms with van der Waals surface area (Å²) < 4.78 is 0. The Bertz CT molecular complexity index is 444. The van der Waals surface area contributed by atoms with Crippen molar-refractivity contribution in [3.63, 3.8) is 0 Å². The molecule has 1 aromatic heterocycles. The maximum Gasteiger partial charge on any atom is 0.0664 e. The summed E-state index contributed by atoms with van der Waals surface area (Å²) in [5, 5.41) is 2.38. The number of nitrogens with two attached hydrogens (primary N) is 1. The van der Waals surface area contributed by atoms with E-state index in [1.54, 1.807) is 0 Å². The average Bonchev–Trinajstić information content (AvgIpc) is 2.31. The van der Waals surface area contributed by atoms with Gasteiger partial charge in [0.1, 0.15) is 0 Å². The van der Waals surface area contributed by atoms with Crippen molar-refractivity contribution in [3.05, 3.63) is 42.2 Å². The van der Waals surface area contributed by atoms with Gasteiger partial charge in [0.2, 0.25) is 0 Å². The Morgan fingerprint density at radius 3 is 2.87 bits per heavy atom. The lowest BCUT2D eigenvalue weighted by Crippen LogP contribution is -2.28. The highest BCUT2D eigenvalue weighted by molar-refractivity contribution is 5.84. The lowest BCUT2D eigenvalue weighted by molar-refractivity contribution is 0.530. The van der Waals surface area contributed by atoms with E-state index in [1.807, 2.05) is 24.4 Å². The maximum atomic E-state index is 5.52. The summed E-state index contributed by atoms with van der Waals surface area (Å²) in [5.74, 6) is 5.52. The second-order valence-electron chi connectivity index (χ2n) is 3.54. The van der Waals surface area contributed by atoms with E-state index in [-0.39, 0.29) is 6.04 Å². The quantitative estimate of drug-likeness (QED) is 0.591. The molecule has 0 saturated carbocycles. The van der Waals surface area contributed by atoms with Crippen molar-refractivity contribution in [2.45, 2.75) is 19.4 Å². The lowest BCUT2D eigenvalue weighted by atomic mass is 10.0. The predicted molar refractivity (Wildman–Crippen MR) is 62.1 cm³/mol. The van der Waals surface area contributed by atoms with Crippen molar-refractivity contribution in [1.29, 1.82) is 0 Å². The number of benzene rings is 1. The van der Waals surface area contributed by atoms with Crippen LogP contribution in [-0.4, -0.2) is 4.98 Å². The van der Waals surface area contributed by atoms with Crippen LogP contribution in [0.5, 0.6) is 0 Å². The van der Waals surface area contributed by atoms with Gasteiger partial charge in [-0.25, -0.2) is 0 Å². The van der Waals surface area contributed by atoms with E-state index < -0.39 is 0 Å². The second kappa shape index (κ2) is 4.38. The molecule has 0 amide bonds. The molecule has 3 nitrogen and oxygen atoms in total. The van der Waals surface area contributed by atoms with Crippen LogP contribution in [0.2, 0.25) is 0 Å². The first kappa shape index (κ1) is 10.1. The van der Waals surface area contributed by atoms with Crippen LogP contribution in [0.1, 0.15) is 25.1 Å². The second-order valence-corrected chi connectivity index (χ2v) is 3.54. The zero-order chi connectivity index (χ0) is 10.7. The summed E-state index contributed by atoms with van der Waals surface area (Å²) in [7, 11) is 0.